The molecule has 1 heterocycles. The van der Waals surface area contributed by atoms with Gasteiger partial charge in [-0.2, -0.15) is 13.2 Å². The normalized spacial score (nSPS) is 22.0. The zero-order chi connectivity index (χ0) is 30.5. The number of amides is 2. The van der Waals surface area contributed by atoms with Crippen LogP contribution in [0.1, 0.15) is 36.8 Å². The molecule has 14 heteroatoms. The van der Waals surface area contributed by atoms with Crippen molar-refractivity contribution in [2.24, 2.45) is 0 Å². The third kappa shape index (κ3) is 7.17. The molecule has 0 spiro atoms. The molecule has 2 fully saturated rings. The van der Waals surface area contributed by atoms with E-state index in [2.05, 4.69) is 34.7 Å². The standard InChI is InChI=1S/C25H32N4O5.C2HF3O2/c1-16-5-7-18(14-20(16)29(31)32)26-24(30)27-19-9-10-25(11-12-28(2)23(25)15-19)17-6-8-21(33-3)22(13-17)34-4;3-2(4,5)1(6)7/h5-8,13-14,19,23H,9-12,15H2,1-4H3,(H2,26,27,30);(H,6,7)/t19-,23+,25+;/m1./s1. The summed E-state index contributed by atoms with van der Waals surface area (Å²) in [6, 6.07) is 10.9. The van der Waals surface area contributed by atoms with Gasteiger partial charge in [0.2, 0.25) is 0 Å². The number of methoxy groups -OCH3 is 2. The summed E-state index contributed by atoms with van der Waals surface area (Å²) < 4.78 is 42.7. The number of halogens is 3. The van der Waals surface area contributed by atoms with Crippen LogP contribution in [-0.2, 0) is 10.2 Å². The lowest BCUT2D eigenvalue weighted by Crippen LogP contribution is -2.52. The fourth-order valence-corrected chi connectivity index (χ4v) is 5.63. The van der Waals surface area contributed by atoms with Crippen molar-refractivity contribution >= 4 is 23.4 Å². The molecule has 224 valence electrons. The molecule has 1 saturated heterocycles. The van der Waals surface area contributed by atoms with Crippen LogP contribution >= 0.6 is 0 Å². The number of urea groups is 1. The second-order valence-corrected chi connectivity index (χ2v) is 10.1. The van der Waals surface area contributed by atoms with Crippen LogP contribution < -0.4 is 20.1 Å². The molecular formula is C27H33F3N4O7. The molecule has 11 nitrogen and oxygen atoms in total. The summed E-state index contributed by atoms with van der Waals surface area (Å²) >= 11 is 0. The van der Waals surface area contributed by atoms with Crippen molar-refractivity contribution in [3.63, 3.8) is 0 Å². The molecular weight excluding hydrogens is 549 g/mol. The van der Waals surface area contributed by atoms with Gasteiger partial charge in [0.05, 0.1) is 19.1 Å². The van der Waals surface area contributed by atoms with E-state index in [1.165, 1.54) is 11.6 Å². The molecule has 2 aromatic carbocycles. The van der Waals surface area contributed by atoms with Gasteiger partial charge in [-0.15, -0.1) is 0 Å². The van der Waals surface area contributed by atoms with Crippen LogP contribution in [0.2, 0.25) is 0 Å². The summed E-state index contributed by atoms with van der Waals surface area (Å²) in [7, 11) is 5.43. The number of likely N-dealkylation sites (N-methyl/N-ethyl adjacent to an activating group) is 1. The number of aliphatic carboxylic acids is 1. The summed E-state index contributed by atoms with van der Waals surface area (Å²) in [4.78, 5) is 34.7. The van der Waals surface area contributed by atoms with E-state index in [-0.39, 0.29) is 29.2 Å². The Morgan fingerprint density at radius 1 is 1.12 bits per heavy atom. The zero-order valence-corrected chi connectivity index (χ0v) is 23.1. The van der Waals surface area contributed by atoms with Crippen LogP contribution in [-0.4, -0.2) is 73.0 Å². The molecule has 0 radical (unpaired) electrons. The van der Waals surface area contributed by atoms with Gasteiger partial charge in [0.1, 0.15) is 0 Å². The predicted molar refractivity (Wildman–Crippen MR) is 144 cm³/mol. The van der Waals surface area contributed by atoms with Crippen LogP contribution in [0.15, 0.2) is 36.4 Å². The largest absolute Gasteiger partial charge is 0.493 e. The first kappa shape index (κ1) is 31.5. The van der Waals surface area contributed by atoms with Crippen LogP contribution in [0, 0.1) is 17.0 Å². The van der Waals surface area contributed by atoms with Gasteiger partial charge in [0, 0.05) is 34.8 Å². The van der Waals surface area contributed by atoms with Crippen molar-refractivity contribution < 1.29 is 42.3 Å². The number of nitro benzene ring substituents is 1. The molecule has 1 saturated carbocycles. The summed E-state index contributed by atoms with van der Waals surface area (Å²) in [5, 5.41) is 24.2. The number of aryl methyl sites for hydroxylation is 1. The quantitative estimate of drug-likeness (QED) is 0.323. The van der Waals surface area contributed by atoms with E-state index < -0.39 is 17.1 Å². The number of carbonyl (C=O) groups is 2. The van der Waals surface area contributed by atoms with Gasteiger partial charge in [-0.25, -0.2) is 9.59 Å². The average Bonchev–Trinajstić information content (AvgIpc) is 3.25. The first-order chi connectivity index (χ1) is 19.2. The SMILES string of the molecule is COc1ccc([C@@]23CC[C@@H](NC(=O)Nc4ccc(C)c([N+](=O)[O-])c4)C[C@@H]2N(C)CC3)cc1OC.O=C(O)C(F)(F)F. The van der Waals surface area contributed by atoms with Gasteiger partial charge in [-0.05, 0) is 70.0 Å². The van der Waals surface area contributed by atoms with E-state index in [4.69, 9.17) is 19.4 Å². The smallest absolute Gasteiger partial charge is 0.490 e. The van der Waals surface area contributed by atoms with Gasteiger partial charge in [-0.1, -0.05) is 12.1 Å². The molecule has 0 unspecified atom stereocenters. The van der Waals surface area contributed by atoms with E-state index in [0.29, 0.717) is 17.0 Å². The Bertz CT molecular complexity index is 1290. The minimum Gasteiger partial charge on any atom is -0.493 e. The number of anilines is 1. The number of fused-ring (bicyclic) bond motifs is 1. The van der Waals surface area contributed by atoms with Gasteiger partial charge < -0.3 is 30.1 Å². The summed E-state index contributed by atoms with van der Waals surface area (Å²) in [6.07, 6.45) is -1.42. The topological polar surface area (TPSA) is 143 Å². The second kappa shape index (κ2) is 12.6. The molecule has 2 aromatic rings. The Hall–Kier alpha value is -4.07. The molecule has 0 aromatic heterocycles. The fraction of sp³-hybridized carbons (Fsp3) is 0.481. The fourth-order valence-electron chi connectivity index (χ4n) is 5.63. The van der Waals surface area contributed by atoms with Crippen molar-refractivity contribution in [1.29, 1.82) is 0 Å². The molecule has 3 N–H and O–H groups in total. The third-order valence-corrected chi connectivity index (χ3v) is 7.73. The monoisotopic (exact) mass is 582 g/mol. The Kier molecular flexibility index (Phi) is 9.69. The molecule has 1 aliphatic heterocycles. The minimum atomic E-state index is -5.08. The number of alkyl halides is 3. The van der Waals surface area contributed by atoms with E-state index in [0.717, 1.165) is 38.0 Å². The van der Waals surface area contributed by atoms with E-state index in [9.17, 15) is 28.1 Å². The van der Waals surface area contributed by atoms with Crippen molar-refractivity contribution in [2.45, 2.75) is 56.3 Å². The summed E-state index contributed by atoms with van der Waals surface area (Å²) in [5.74, 6) is -1.31. The lowest BCUT2D eigenvalue weighted by atomic mass is 9.65. The number of likely N-dealkylation sites (tertiary alicyclic amines) is 1. The van der Waals surface area contributed by atoms with Gasteiger partial charge >= 0.3 is 18.2 Å². The van der Waals surface area contributed by atoms with Crippen LogP contribution in [0.3, 0.4) is 0 Å². The summed E-state index contributed by atoms with van der Waals surface area (Å²) in [5.41, 5.74) is 2.19. The highest BCUT2D eigenvalue weighted by Gasteiger charge is 2.50. The number of nitro groups is 1. The molecule has 4 rings (SSSR count). The first-order valence-electron chi connectivity index (χ1n) is 12.8. The first-order valence-corrected chi connectivity index (χ1v) is 12.8. The number of rotatable bonds is 6. The van der Waals surface area contributed by atoms with Crippen molar-refractivity contribution in [2.75, 3.05) is 33.1 Å². The average molecular weight is 583 g/mol. The number of benzene rings is 2. The number of hydrogen-bond acceptors (Lipinski definition) is 7. The van der Waals surface area contributed by atoms with E-state index in [1.54, 1.807) is 33.3 Å². The molecule has 2 aliphatic rings. The van der Waals surface area contributed by atoms with Crippen molar-refractivity contribution in [1.82, 2.24) is 10.2 Å². The Morgan fingerprint density at radius 3 is 2.37 bits per heavy atom. The van der Waals surface area contributed by atoms with Gasteiger partial charge in [0.15, 0.2) is 11.5 Å². The van der Waals surface area contributed by atoms with Crippen molar-refractivity contribution in [3.8, 4) is 11.5 Å². The highest BCUT2D eigenvalue weighted by atomic mass is 19.4. The number of nitrogens with zero attached hydrogens (tertiary/aromatic N) is 2. The highest BCUT2D eigenvalue weighted by molar-refractivity contribution is 5.90. The number of hydrogen-bond donors (Lipinski definition) is 3. The zero-order valence-electron chi connectivity index (χ0n) is 23.1. The number of nitrogens with one attached hydrogen (secondary N) is 2. The van der Waals surface area contributed by atoms with Gasteiger partial charge in [0.25, 0.3) is 5.69 Å². The highest BCUT2D eigenvalue weighted by Crippen LogP contribution is 2.49. The molecule has 1 aliphatic carbocycles. The maximum absolute atomic E-state index is 12.7. The Morgan fingerprint density at radius 2 is 1.78 bits per heavy atom. The van der Waals surface area contributed by atoms with Gasteiger partial charge in [-0.3, -0.25) is 10.1 Å². The Labute approximate surface area is 234 Å². The molecule has 3 atom stereocenters. The van der Waals surface area contributed by atoms with Crippen LogP contribution in [0.25, 0.3) is 0 Å². The molecule has 0 bridgehead atoms. The lowest BCUT2D eigenvalue weighted by Gasteiger charge is -2.45. The van der Waals surface area contributed by atoms with E-state index in [1.807, 2.05) is 6.07 Å². The van der Waals surface area contributed by atoms with Crippen molar-refractivity contribution in [3.05, 3.63) is 57.6 Å². The third-order valence-electron chi connectivity index (χ3n) is 7.73. The number of carboxylic acid groups (broad SMARTS) is 1. The second-order valence-electron chi connectivity index (χ2n) is 10.1. The number of carboxylic acids is 1. The minimum absolute atomic E-state index is 0.000522. The molecule has 2 amide bonds. The maximum Gasteiger partial charge on any atom is 0.490 e. The summed E-state index contributed by atoms with van der Waals surface area (Å²) in [6.45, 7) is 2.66. The molecule has 41 heavy (non-hydrogen) atoms. The number of ether oxygens (including phenoxy) is 2. The lowest BCUT2D eigenvalue weighted by molar-refractivity contribution is -0.385. The Balaban J connectivity index is 0.000000587. The van der Waals surface area contributed by atoms with Crippen LogP contribution in [0.5, 0.6) is 11.5 Å². The van der Waals surface area contributed by atoms with Crippen LogP contribution in [0.4, 0.5) is 29.3 Å². The number of carbonyl (C=O) groups excluding carboxylic acids is 1. The maximum atomic E-state index is 12.7. The predicted octanol–water partition coefficient (Wildman–Crippen LogP) is 4.87. The van der Waals surface area contributed by atoms with E-state index >= 15 is 0 Å².